The number of halogens is 3. The molecule has 7 nitrogen and oxygen atoms in total. The maximum Gasteiger partial charge on any atom is 0.416 e. The summed E-state index contributed by atoms with van der Waals surface area (Å²) in [5.74, 6) is 0.690. The standard InChI is InChI=1S/C27H31F3N4O3S/c1-17-13-33(14-19-11-25(37-32-19)22-5-3-4-6-23(22)27(28,29)30)9-10-34(17)15-20(35)16-36-21-7-8-26-24(12-21)31-18(2)38-26/h3-8,12,17,20,25,35H,9-11,13-16H2,1-2H3/t17-,20+,25?/m0/s1. The van der Waals surface area contributed by atoms with Gasteiger partial charge in [0.15, 0.2) is 6.10 Å². The molecule has 2 aromatic carbocycles. The van der Waals surface area contributed by atoms with Crippen LogP contribution in [0.4, 0.5) is 13.2 Å². The van der Waals surface area contributed by atoms with Crippen molar-refractivity contribution in [1.82, 2.24) is 14.8 Å². The number of aliphatic hydroxyl groups is 1. The second-order valence-corrected chi connectivity index (χ2v) is 11.2. The van der Waals surface area contributed by atoms with Crippen LogP contribution in [0.15, 0.2) is 47.6 Å². The van der Waals surface area contributed by atoms with Gasteiger partial charge in [-0.3, -0.25) is 9.80 Å². The molecule has 38 heavy (non-hydrogen) atoms. The van der Waals surface area contributed by atoms with E-state index in [-0.39, 0.29) is 18.2 Å². The maximum atomic E-state index is 13.4. The van der Waals surface area contributed by atoms with Crippen LogP contribution in [0.5, 0.6) is 5.75 Å². The van der Waals surface area contributed by atoms with Crippen LogP contribution in [-0.4, -0.2) is 77.1 Å². The molecule has 0 aliphatic carbocycles. The van der Waals surface area contributed by atoms with Crippen molar-refractivity contribution in [3.8, 4) is 5.75 Å². The molecule has 1 N–H and O–H groups in total. The maximum absolute atomic E-state index is 13.4. The second kappa shape index (κ2) is 11.2. The van der Waals surface area contributed by atoms with Gasteiger partial charge in [-0.25, -0.2) is 4.98 Å². The number of piperazine rings is 1. The number of fused-ring (bicyclic) bond motifs is 1. The summed E-state index contributed by atoms with van der Waals surface area (Å²) in [7, 11) is 0. The summed E-state index contributed by atoms with van der Waals surface area (Å²) in [5.41, 5.74) is 1.09. The zero-order valence-electron chi connectivity index (χ0n) is 21.3. The Morgan fingerprint density at radius 1 is 1.21 bits per heavy atom. The molecule has 204 valence electrons. The Balaban J connectivity index is 1.08. The van der Waals surface area contributed by atoms with E-state index in [0.29, 0.717) is 25.3 Å². The van der Waals surface area contributed by atoms with Crippen molar-refractivity contribution < 1.29 is 27.9 Å². The van der Waals surface area contributed by atoms with Crippen LogP contribution in [0.1, 0.15) is 35.6 Å². The quantitative estimate of drug-likeness (QED) is 0.433. The van der Waals surface area contributed by atoms with Gasteiger partial charge in [-0.1, -0.05) is 23.4 Å². The number of aryl methyl sites for hydroxylation is 1. The molecule has 0 bridgehead atoms. The van der Waals surface area contributed by atoms with Gasteiger partial charge in [0.05, 0.1) is 26.5 Å². The van der Waals surface area contributed by atoms with Gasteiger partial charge in [0.2, 0.25) is 0 Å². The first-order valence-corrected chi connectivity index (χ1v) is 13.5. The van der Waals surface area contributed by atoms with Crippen molar-refractivity contribution in [2.45, 2.75) is 44.7 Å². The third-order valence-electron chi connectivity index (χ3n) is 6.95. The number of aromatic nitrogens is 1. The third kappa shape index (κ3) is 6.28. The molecule has 3 heterocycles. The van der Waals surface area contributed by atoms with Crippen LogP contribution in [0.25, 0.3) is 10.2 Å². The second-order valence-electron chi connectivity index (χ2n) is 9.95. The van der Waals surface area contributed by atoms with Gasteiger partial charge in [0.1, 0.15) is 18.5 Å². The van der Waals surface area contributed by atoms with Crippen molar-refractivity contribution in [3.63, 3.8) is 0 Å². The highest BCUT2D eigenvalue weighted by Gasteiger charge is 2.37. The minimum atomic E-state index is -4.43. The van der Waals surface area contributed by atoms with E-state index in [1.54, 1.807) is 17.4 Å². The van der Waals surface area contributed by atoms with Crippen LogP contribution in [0, 0.1) is 6.92 Å². The summed E-state index contributed by atoms with van der Waals surface area (Å²) in [5, 5.41) is 15.7. The lowest BCUT2D eigenvalue weighted by Crippen LogP contribution is -2.54. The van der Waals surface area contributed by atoms with Gasteiger partial charge in [-0.05, 0) is 32.0 Å². The lowest BCUT2D eigenvalue weighted by atomic mass is 9.98. The predicted octanol–water partition coefficient (Wildman–Crippen LogP) is 4.89. The molecule has 5 rings (SSSR count). The number of hydrogen-bond donors (Lipinski definition) is 1. The first kappa shape index (κ1) is 26.9. The average molecular weight is 549 g/mol. The molecule has 11 heteroatoms. The van der Waals surface area contributed by atoms with Gasteiger partial charge >= 0.3 is 6.18 Å². The molecule has 0 radical (unpaired) electrons. The van der Waals surface area contributed by atoms with Crippen LogP contribution in [-0.2, 0) is 11.0 Å². The number of thiazole rings is 1. The normalized spacial score (nSPS) is 21.9. The van der Waals surface area contributed by atoms with E-state index in [1.807, 2.05) is 25.1 Å². The smallest absolute Gasteiger partial charge is 0.416 e. The lowest BCUT2D eigenvalue weighted by molar-refractivity contribution is -0.139. The van der Waals surface area contributed by atoms with Crippen LogP contribution < -0.4 is 4.74 Å². The number of aliphatic hydroxyl groups excluding tert-OH is 1. The fraction of sp³-hybridized carbons (Fsp3) is 0.481. The Kier molecular flexibility index (Phi) is 7.90. The van der Waals surface area contributed by atoms with Crippen LogP contribution >= 0.6 is 11.3 Å². The van der Waals surface area contributed by atoms with E-state index in [9.17, 15) is 18.3 Å². The molecule has 1 aromatic heterocycles. The SMILES string of the molecule is Cc1nc2cc(OC[C@H](O)CN3CCN(CC4=NOC(c5ccccc5C(F)(F)F)C4)C[C@@H]3C)ccc2s1. The van der Waals surface area contributed by atoms with E-state index in [4.69, 9.17) is 9.57 Å². The summed E-state index contributed by atoms with van der Waals surface area (Å²) in [6.07, 6.45) is -5.46. The Bertz CT molecular complexity index is 1300. The van der Waals surface area contributed by atoms with Gasteiger partial charge in [0.25, 0.3) is 0 Å². The summed E-state index contributed by atoms with van der Waals surface area (Å²) >= 11 is 1.64. The molecule has 1 saturated heterocycles. The Morgan fingerprint density at radius 2 is 2.03 bits per heavy atom. The van der Waals surface area contributed by atoms with Crippen molar-refractivity contribution in [1.29, 1.82) is 0 Å². The van der Waals surface area contributed by atoms with Crippen molar-refractivity contribution >= 4 is 27.3 Å². The van der Waals surface area contributed by atoms with Crippen LogP contribution in [0.3, 0.4) is 0 Å². The number of ether oxygens (including phenoxy) is 1. The molecule has 1 fully saturated rings. The van der Waals surface area contributed by atoms with Crippen molar-refractivity contribution in [2.75, 3.05) is 39.3 Å². The molecule has 2 aliphatic rings. The highest BCUT2D eigenvalue weighted by Crippen LogP contribution is 2.38. The van der Waals surface area contributed by atoms with Gasteiger partial charge in [-0.2, -0.15) is 13.2 Å². The summed E-state index contributed by atoms with van der Waals surface area (Å²) < 4.78 is 47.1. The first-order chi connectivity index (χ1) is 18.2. The average Bonchev–Trinajstić information content (AvgIpc) is 3.49. The highest BCUT2D eigenvalue weighted by molar-refractivity contribution is 7.18. The number of rotatable bonds is 8. The largest absolute Gasteiger partial charge is 0.491 e. The number of nitrogens with zero attached hydrogens (tertiary/aromatic N) is 4. The zero-order chi connectivity index (χ0) is 26.9. The first-order valence-electron chi connectivity index (χ1n) is 12.7. The predicted molar refractivity (Wildman–Crippen MR) is 141 cm³/mol. The van der Waals surface area contributed by atoms with Crippen molar-refractivity contribution in [2.24, 2.45) is 5.16 Å². The summed E-state index contributed by atoms with van der Waals surface area (Å²) in [6, 6.07) is 11.5. The van der Waals surface area contributed by atoms with E-state index in [1.165, 1.54) is 12.1 Å². The molecular weight excluding hydrogens is 517 g/mol. The molecule has 0 amide bonds. The number of benzene rings is 2. The van der Waals surface area contributed by atoms with Crippen LogP contribution in [0.2, 0.25) is 0 Å². The third-order valence-corrected chi connectivity index (χ3v) is 7.90. The number of β-amino-alcohol motifs (C(OH)–C–C–N with tert-alkyl or cyclic N) is 1. The van der Waals surface area contributed by atoms with E-state index >= 15 is 0 Å². The zero-order valence-corrected chi connectivity index (χ0v) is 22.1. The molecule has 1 unspecified atom stereocenters. The lowest BCUT2D eigenvalue weighted by Gasteiger charge is -2.40. The van der Waals surface area contributed by atoms with Gasteiger partial charge < -0.3 is 14.7 Å². The highest BCUT2D eigenvalue weighted by atomic mass is 32.1. The van der Waals surface area contributed by atoms with Gasteiger partial charge in [0, 0.05) is 56.8 Å². The number of alkyl halides is 3. The Morgan fingerprint density at radius 3 is 2.82 bits per heavy atom. The number of hydrogen-bond acceptors (Lipinski definition) is 8. The van der Waals surface area contributed by atoms with Gasteiger partial charge in [-0.15, -0.1) is 11.3 Å². The molecule has 2 aliphatic heterocycles. The Hall–Kier alpha value is -2.73. The Labute approximate surface area is 223 Å². The van der Waals surface area contributed by atoms with E-state index in [2.05, 4.69) is 26.9 Å². The molecule has 3 aromatic rings. The minimum absolute atomic E-state index is 0.120. The number of oxime groups is 1. The molecule has 0 spiro atoms. The summed E-state index contributed by atoms with van der Waals surface area (Å²) in [4.78, 5) is 14.4. The molecule has 0 saturated carbocycles. The van der Waals surface area contributed by atoms with Crippen molar-refractivity contribution in [3.05, 3.63) is 58.6 Å². The molecular formula is C27H31F3N4O3S. The fourth-order valence-corrected chi connectivity index (χ4v) is 5.90. The monoisotopic (exact) mass is 548 g/mol. The van der Waals surface area contributed by atoms with E-state index in [0.717, 1.165) is 46.6 Å². The molecule has 3 atom stereocenters. The van der Waals surface area contributed by atoms with E-state index < -0.39 is 23.9 Å². The topological polar surface area (TPSA) is 70.4 Å². The fourth-order valence-electron chi connectivity index (χ4n) is 5.09. The summed E-state index contributed by atoms with van der Waals surface area (Å²) in [6.45, 7) is 7.59. The minimum Gasteiger partial charge on any atom is -0.491 e.